The van der Waals surface area contributed by atoms with E-state index in [2.05, 4.69) is 17.5 Å². The number of halogens is 1. The van der Waals surface area contributed by atoms with Crippen molar-refractivity contribution in [3.05, 3.63) is 75.8 Å². The Balaban J connectivity index is 1.63. The summed E-state index contributed by atoms with van der Waals surface area (Å²) in [7, 11) is 0. The zero-order valence-corrected chi connectivity index (χ0v) is 15.2. The van der Waals surface area contributed by atoms with Crippen LogP contribution in [0, 0.1) is 10.1 Å². The van der Waals surface area contributed by atoms with Crippen LogP contribution in [0.25, 0.3) is 0 Å². The maximum absolute atomic E-state index is 10.8. The number of hydrogen-bond donors (Lipinski definition) is 0. The van der Waals surface area contributed by atoms with Gasteiger partial charge in [-0.3, -0.25) is 10.1 Å². The lowest BCUT2D eigenvalue weighted by atomic mass is 10.1. The average Bonchev–Trinajstić information content (AvgIpc) is 2.64. The molecule has 0 aromatic heterocycles. The Hall–Kier alpha value is -2.53. The summed E-state index contributed by atoms with van der Waals surface area (Å²) >= 11 is 6.24. The molecule has 0 radical (unpaired) electrons. The number of para-hydroxylation sites is 1. The highest BCUT2D eigenvalue weighted by Crippen LogP contribution is 2.32. The first-order chi connectivity index (χ1) is 12.6. The second kappa shape index (κ2) is 8.23. The van der Waals surface area contributed by atoms with Crippen LogP contribution in [0.2, 0.25) is 5.02 Å². The van der Waals surface area contributed by atoms with Gasteiger partial charge < -0.3 is 9.64 Å². The average molecular weight is 373 g/mol. The van der Waals surface area contributed by atoms with E-state index in [-0.39, 0.29) is 11.8 Å². The lowest BCUT2D eigenvalue weighted by Crippen LogP contribution is -2.38. The molecule has 0 N–H and O–H groups in total. The molecule has 1 saturated heterocycles. The first kappa shape index (κ1) is 18.3. The van der Waals surface area contributed by atoms with Gasteiger partial charge in [0, 0.05) is 38.1 Å². The van der Waals surface area contributed by atoms with Gasteiger partial charge in [-0.2, -0.15) is 0 Å². The van der Waals surface area contributed by atoms with Crippen molar-refractivity contribution in [3.63, 3.8) is 0 Å². The first-order valence-electron chi connectivity index (χ1n) is 8.63. The summed E-state index contributed by atoms with van der Waals surface area (Å²) in [5, 5.41) is 11.3. The Morgan fingerprint density at radius 1 is 1.27 bits per heavy atom. The summed E-state index contributed by atoms with van der Waals surface area (Å²) in [4.78, 5) is 12.6. The summed E-state index contributed by atoms with van der Waals surface area (Å²) in [6.07, 6.45) is 4.55. The van der Waals surface area contributed by atoms with Gasteiger partial charge in [0.25, 0.3) is 5.69 Å². The molecule has 1 fully saturated rings. The Kier molecular flexibility index (Phi) is 5.78. The molecular formula is C20H21ClN2O3. The van der Waals surface area contributed by atoms with Gasteiger partial charge >= 0.3 is 0 Å². The monoisotopic (exact) mass is 372 g/mol. The van der Waals surface area contributed by atoms with Crippen LogP contribution in [-0.4, -0.2) is 24.1 Å². The van der Waals surface area contributed by atoms with Crippen LogP contribution in [0.4, 0.5) is 11.4 Å². The second-order valence-electron chi connectivity index (χ2n) is 6.30. The predicted octanol–water partition coefficient (Wildman–Crippen LogP) is 5.02. The molecule has 0 unspecified atom stereocenters. The summed E-state index contributed by atoms with van der Waals surface area (Å²) < 4.78 is 6.21. The van der Waals surface area contributed by atoms with Crippen LogP contribution >= 0.6 is 11.6 Å². The van der Waals surface area contributed by atoms with Crippen LogP contribution < -0.4 is 9.64 Å². The smallest absolute Gasteiger partial charge is 0.271 e. The molecule has 0 spiro atoms. The van der Waals surface area contributed by atoms with Crippen LogP contribution in [0.15, 0.2) is 55.1 Å². The van der Waals surface area contributed by atoms with E-state index in [1.165, 1.54) is 12.1 Å². The molecule has 0 bridgehead atoms. The van der Waals surface area contributed by atoms with Gasteiger partial charge in [0.1, 0.15) is 11.9 Å². The molecule has 5 nitrogen and oxygen atoms in total. The number of nitrogens with zero attached hydrogens (tertiary/aromatic N) is 2. The Morgan fingerprint density at radius 3 is 2.65 bits per heavy atom. The van der Waals surface area contributed by atoms with E-state index in [4.69, 9.17) is 16.3 Å². The van der Waals surface area contributed by atoms with Gasteiger partial charge in [-0.15, -0.1) is 6.58 Å². The topological polar surface area (TPSA) is 55.6 Å². The van der Waals surface area contributed by atoms with Gasteiger partial charge in [0.15, 0.2) is 0 Å². The summed E-state index contributed by atoms with van der Waals surface area (Å²) in [6, 6.07) is 12.7. The van der Waals surface area contributed by atoms with Crippen molar-refractivity contribution in [1.82, 2.24) is 0 Å². The molecule has 3 rings (SSSR count). The number of nitro benzene ring substituents is 1. The lowest BCUT2D eigenvalue weighted by Gasteiger charge is -2.34. The fourth-order valence-electron chi connectivity index (χ4n) is 3.20. The van der Waals surface area contributed by atoms with Gasteiger partial charge in [-0.05, 0) is 24.1 Å². The van der Waals surface area contributed by atoms with E-state index in [0.29, 0.717) is 5.02 Å². The third kappa shape index (κ3) is 4.17. The zero-order valence-electron chi connectivity index (χ0n) is 14.4. The van der Waals surface area contributed by atoms with E-state index in [9.17, 15) is 10.1 Å². The van der Waals surface area contributed by atoms with Crippen LogP contribution in [0.1, 0.15) is 18.4 Å². The number of allylic oxidation sites excluding steroid dienone is 1. The maximum Gasteiger partial charge on any atom is 0.271 e. The predicted molar refractivity (Wildman–Crippen MR) is 104 cm³/mol. The van der Waals surface area contributed by atoms with Crippen LogP contribution in [0.5, 0.6) is 5.75 Å². The number of hydrogen-bond acceptors (Lipinski definition) is 4. The molecule has 0 aliphatic carbocycles. The van der Waals surface area contributed by atoms with E-state index in [1.807, 2.05) is 24.3 Å². The molecule has 1 aliphatic heterocycles. The molecular weight excluding hydrogens is 352 g/mol. The number of nitro groups is 1. The minimum Gasteiger partial charge on any atom is -0.490 e. The van der Waals surface area contributed by atoms with Crippen molar-refractivity contribution in [1.29, 1.82) is 0 Å². The molecule has 1 aliphatic rings. The maximum atomic E-state index is 10.8. The van der Waals surface area contributed by atoms with Gasteiger partial charge in [-0.1, -0.05) is 35.9 Å². The van der Waals surface area contributed by atoms with Crippen molar-refractivity contribution >= 4 is 23.0 Å². The summed E-state index contributed by atoms with van der Waals surface area (Å²) in [5.74, 6) is 0.916. The Labute approximate surface area is 158 Å². The highest BCUT2D eigenvalue weighted by Gasteiger charge is 2.23. The van der Waals surface area contributed by atoms with Gasteiger partial charge in [0.2, 0.25) is 0 Å². The van der Waals surface area contributed by atoms with Crippen molar-refractivity contribution in [2.45, 2.75) is 25.4 Å². The highest BCUT2D eigenvalue weighted by molar-refractivity contribution is 6.33. The number of ether oxygens (including phenoxy) is 1. The van der Waals surface area contributed by atoms with Crippen LogP contribution in [-0.2, 0) is 6.42 Å². The molecule has 26 heavy (non-hydrogen) atoms. The largest absolute Gasteiger partial charge is 0.490 e. The van der Waals surface area contributed by atoms with Gasteiger partial charge in [0.05, 0.1) is 15.6 Å². The van der Waals surface area contributed by atoms with E-state index < -0.39 is 4.92 Å². The number of rotatable bonds is 6. The van der Waals surface area contributed by atoms with Crippen LogP contribution in [0.3, 0.4) is 0 Å². The number of piperidine rings is 1. The molecule has 0 atom stereocenters. The minimum absolute atomic E-state index is 0.01000. The number of non-ortho nitro benzene ring substituents is 1. The molecule has 2 aromatic rings. The van der Waals surface area contributed by atoms with E-state index >= 15 is 0 Å². The summed E-state index contributed by atoms with van der Waals surface area (Å²) in [5.41, 5.74) is 1.99. The fraction of sp³-hybridized carbons (Fsp3) is 0.300. The quantitative estimate of drug-likeness (QED) is 0.405. The molecule has 0 amide bonds. The van der Waals surface area contributed by atoms with E-state index in [1.54, 1.807) is 6.07 Å². The SMILES string of the molecule is C=CCc1ccccc1OC1CCN(c2ccc([N+](=O)[O-])cc2Cl)CC1. The lowest BCUT2D eigenvalue weighted by molar-refractivity contribution is -0.384. The van der Waals surface area contributed by atoms with Crippen molar-refractivity contribution in [2.75, 3.05) is 18.0 Å². The van der Waals surface area contributed by atoms with E-state index in [0.717, 1.165) is 49.4 Å². The molecule has 2 aromatic carbocycles. The zero-order chi connectivity index (χ0) is 18.5. The third-order valence-electron chi connectivity index (χ3n) is 4.56. The first-order valence-corrected chi connectivity index (χ1v) is 9.00. The molecule has 0 saturated carbocycles. The molecule has 1 heterocycles. The van der Waals surface area contributed by atoms with Crippen molar-refractivity contribution in [2.24, 2.45) is 0 Å². The fourth-order valence-corrected chi connectivity index (χ4v) is 3.50. The standard InChI is InChI=1S/C20H21ClN2O3/c1-2-5-15-6-3-4-7-20(15)26-17-10-12-22(13-11-17)19-9-8-16(23(24)25)14-18(19)21/h2-4,6-9,14,17H,1,5,10-13H2. The third-order valence-corrected chi connectivity index (χ3v) is 4.86. The van der Waals surface area contributed by atoms with Crippen molar-refractivity contribution < 1.29 is 9.66 Å². The van der Waals surface area contributed by atoms with Gasteiger partial charge in [-0.25, -0.2) is 0 Å². The second-order valence-corrected chi connectivity index (χ2v) is 6.70. The number of anilines is 1. The summed E-state index contributed by atoms with van der Waals surface area (Å²) in [6.45, 7) is 5.39. The number of benzene rings is 2. The Morgan fingerprint density at radius 2 is 2.00 bits per heavy atom. The molecule has 6 heteroatoms. The van der Waals surface area contributed by atoms with Crippen molar-refractivity contribution in [3.8, 4) is 5.75 Å². The normalized spacial score (nSPS) is 14.9. The minimum atomic E-state index is -0.434. The Bertz CT molecular complexity index is 801. The highest BCUT2D eigenvalue weighted by atomic mass is 35.5. The molecule has 136 valence electrons.